The van der Waals surface area contributed by atoms with E-state index in [0.29, 0.717) is 18.7 Å². The number of thioether (sulfide) groups is 1. The highest BCUT2D eigenvalue weighted by atomic mass is 32.2. The monoisotopic (exact) mass is 482 g/mol. The maximum absolute atomic E-state index is 13.5. The van der Waals surface area contributed by atoms with Crippen LogP contribution < -0.4 is 5.32 Å². The summed E-state index contributed by atoms with van der Waals surface area (Å²) in [6, 6.07) is -1.38. The number of hydrogen-bond acceptors (Lipinski definition) is 6. The van der Waals surface area contributed by atoms with Gasteiger partial charge in [-0.15, -0.1) is 0 Å². The van der Waals surface area contributed by atoms with Crippen LogP contribution in [0, 0.1) is 0 Å². The summed E-state index contributed by atoms with van der Waals surface area (Å²) in [6.07, 6.45) is 7.82. The molecule has 1 fully saturated rings. The molecule has 1 aliphatic heterocycles. The van der Waals surface area contributed by atoms with Gasteiger partial charge in [-0.2, -0.15) is 11.8 Å². The molecule has 0 saturated carbocycles. The van der Waals surface area contributed by atoms with Crippen LogP contribution in [0.3, 0.4) is 0 Å². The van der Waals surface area contributed by atoms with Crippen molar-refractivity contribution >= 4 is 38.0 Å². The Bertz CT molecular complexity index is 769. The van der Waals surface area contributed by atoms with Crippen LogP contribution in [0.25, 0.3) is 0 Å². The highest BCUT2D eigenvalue weighted by Crippen LogP contribution is 2.27. The number of ether oxygens (including phenoxy) is 1. The second kappa shape index (κ2) is 10.9. The fraction of sp³-hybridized carbons (Fsp3) is 0.696. The Balaban J connectivity index is 2.12. The first-order valence-electron chi connectivity index (χ1n) is 11.3. The van der Waals surface area contributed by atoms with Crippen molar-refractivity contribution in [2.24, 2.45) is 0 Å². The van der Waals surface area contributed by atoms with Crippen molar-refractivity contribution in [3.05, 3.63) is 23.8 Å². The van der Waals surface area contributed by atoms with Gasteiger partial charge in [-0.05, 0) is 66.6 Å². The lowest BCUT2D eigenvalue weighted by Crippen LogP contribution is -2.54. The quantitative estimate of drug-likeness (QED) is 0.521. The van der Waals surface area contributed by atoms with Crippen LogP contribution in [-0.4, -0.2) is 66.4 Å². The lowest BCUT2D eigenvalue weighted by molar-refractivity contribution is -0.147. The Hall–Kier alpha value is -1.74. The Morgan fingerprint density at radius 2 is 1.97 bits per heavy atom. The zero-order valence-corrected chi connectivity index (χ0v) is 22.2. The second-order valence-electron chi connectivity index (χ2n) is 10.3. The van der Waals surface area contributed by atoms with Gasteiger partial charge < -0.3 is 19.4 Å². The fourth-order valence-electron chi connectivity index (χ4n) is 3.58. The molecule has 0 unspecified atom stereocenters. The number of nitrogens with one attached hydrogen (secondary N) is 1. The van der Waals surface area contributed by atoms with Gasteiger partial charge in [0.2, 0.25) is 14.2 Å². The number of carbonyl (C=O) groups excluding carboxylic acids is 3. The minimum absolute atomic E-state index is 0.215. The summed E-state index contributed by atoms with van der Waals surface area (Å²) < 4.78 is 11.1. The van der Waals surface area contributed by atoms with Gasteiger partial charge in [0, 0.05) is 17.5 Å². The molecule has 0 spiro atoms. The molecule has 0 aromatic carbocycles. The maximum atomic E-state index is 13.5. The summed E-state index contributed by atoms with van der Waals surface area (Å²) >= 11 is 1.61. The van der Waals surface area contributed by atoms with E-state index in [-0.39, 0.29) is 17.1 Å². The summed E-state index contributed by atoms with van der Waals surface area (Å²) in [6.45, 7) is 13.8. The van der Waals surface area contributed by atoms with Crippen LogP contribution in [0.15, 0.2) is 23.8 Å². The molecule has 7 nitrogen and oxygen atoms in total. The number of rotatable bonds is 8. The molecule has 9 heteroatoms. The molecule has 0 aromatic heterocycles. The van der Waals surface area contributed by atoms with Crippen molar-refractivity contribution in [2.75, 3.05) is 12.3 Å². The first kappa shape index (κ1) is 26.5. The topological polar surface area (TPSA) is 84.9 Å². The molecule has 3 atom stereocenters. The van der Waals surface area contributed by atoms with Gasteiger partial charge in [-0.25, -0.2) is 4.79 Å². The molecule has 1 N–H and O–H groups in total. The fourth-order valence-corrected chi connectivity index (χ4v) is 5.42. The molecule has 0 bridgehead atoms. The molecule has 180 valence electrons. The van der Waals surface area contributed by atoms with E-state index in [4.69, 9.17) is 9.16 Å². The molecule has 2 amide bonds. The number of hydrogen-bond donors (Lipinski definition) is 1. The minimum Gasteiger partial charge on any atom is -0.518 e. The second-order valence-corrected chi connectivity index (χ2v) is 16.1. The van der Waals surface area contributed by atoms with Crippen LogP contribution in [0.2, 0.25) is 19.6 Å². The standard InChI is InChI=1S/C23H38N2O5SSi/c1-16(17-11-8-9-12-17)31-15-18(24-22(28)29-23(2,3)4)20(26)25-14-10-13-19(25)21(27)30-32(5,6)7/h8-9,11,16,18-19H,10,12-15H2,1-7H3,(H,24,28)/t16-,18+,19+/m1/s1. The molecule has 1 heterocycles. The predicted octanol–water partition coefficient (Wildman–Crippen LogP) is 4.26. The smallest absolute Gasteiger partial charge is 0.408 e. The number of nitrogens with zero attached hydrogens (tertiary/aromatic N) is 1. The van der Waals surface area contributed by atoms with Crippen LogP contribution in [0.1, 0.15) is 47.0 Å². The van der Waals surface area contributed by atoms with E-state index in [1.807, 2.05) is 25.7 Å². The largest absolute Gasteiger partial charge is 0.518 e. The van der Waals surface area contributed by atoms with E-state index < -0.39 is 32.1 Å². The average molecular weight is 483 g/mol. The Labute approximate surface area is 197 Å². The van der Waals surface area contributed by atoms with Crippen LogP contribution in [0.5, 0.6) is 0 Å². The van der Waals surface area contributed by atoms with Gasteiger partial charge in [0.1, 0.15) is 17.7 Å². The molecule has 2 aliphatic rings. The van der Waals surface area contributed by atoms with Crippen molar-refractivity contribution in [3.8, 4) is 0 Å². The van der Waals surface area contributed by atoms with Crippen molar-refractivity contribution in [1.82, 2.24) is 10.2 Å². The minimum atomic E-state index is -2.07. The van der Waals surface area contributed by atoms with Crippen molar-refractivity contribution < 1.29 is 23.5 Å². The number of amides is 2. The number of allylic oxidation sites excluding steroid dienone is 3. The lowest BCUT2D eigenvalue weighted by atomic mass is 10.2. The first-order chi connectivity index (χ1) is 14.8. The van der Waals surface area contributed by atoms with Gasteiger partial charge >= 0.3 is 12.1 Å². The summed E-state index contributed by atoms with van der Waals surface area (Å²) in [4.78, 5) is 40.3. The summed E-state index contributed by atoms with van der Waals surface area (Å²) in [5, 5.41) is 2.97. The van der Waals surface area contributed by atoms with E-state index in [9.17, 15) is 14.4 Å². The highest BCUT2D eigenvalue weighted by Gasteiger charge is 2.40. The zero-order chi connectivity index (χ0) is 24.1. The third kappa shape index (κ3) is 8.31. The number of likely N-dealkylation sites (tertiary alicyclic amines) is 1. The SMILES string of the molecule is C[C@@H](SC[C@H](NC(=O)OC(C)(C)C)C(=O)N1CCC[C@H]1C(=O)O[Si](C)(C)C)C1=CC=CC1. The Kier molecular flexibility index (Phi) is 9.04. The highest BCUT2D eigenvalue weighted by molar-refractivity contribution is 8.00. The normalized spacial score (nSPS) is 20.5. The molecule has 0 radical (unpaired) electrons. The number of carbonyl (C=O) groups is 3. The first-order valence-corrected chi connectivity index (χ1v) is 15.7. The summed E-state index contributed by atoms with van der Waals surface area (Å²) in [7, 11) is -2.07. The molecule has 1 saturated heterocycles. The van der Waals surface area contributed by atoms with E-state index in [1.165, 1.54) is 5.57 Å². The van der Waals surface area contributed by atoms with Crippen LogP contribution in [0.4, 0.5) is 4.79 Å². The van der Waals surface area contributed by atoms with E-state index >= 15 is 0 Å². The molecule has 0 aromatic rings. The average Bonchev–Trinajstić information content (AvgIpc) is 3.32. The predicted molar refractivity (Wildman–Crippen MR) is 131 cm³/mol. The maximum Gasteiger partial charge on any atom is 0.408 e. The van der Waals surface area contributed by atoms with E-state index in [0.717, 1.165) is 12.8 Å². The van der Waals surface area contributed by atoms with Crippen molar-refractivity contribution in [3.63, 3.8) is 0 Å². The van der Waals surface area contributed by atoms with Crippen LogP contribution in [-0.2, 0) is 18.8 Å². The molecular weight excluding hydrogens is 444 g/mol. The van der Waals surface area contributed by atoms with Crippen molar-refractivity contribution in [2.45, 2.75) is 89.5 Å². The molecule has 1 aliphatic carbocycles. The molecular formula is C23H38N2O5SSi. The van der Waals surface area contributed by atoms with Crippen molar-refractivity contribution in [1.29, 1.82) is 0 Å². The Morgan fingerprint density at radius 1 is 1.28 bits per heavy atom. The molecule has 32 heavy (non-hydrogen) atoms. The van der Waals surface area contributed by atoms with Gasteiger partial charge in [-0.3, -0.25) is 9.59 Å². The summed E-state index contributed by atoms with van der Waals surface area (Å²) in [5.74, 6) is -0.207. The zero-order valence-electron chi connectivity index (χ0n) is 20.4. The third-order valence-corrected chi connectivity index (χ3v) is 7.18. The number of alkyl carbamates (subject to hydrolysis) is 1. The Morgan fingerprint density at radius 3 is 2.53 bits per heavy atom. The van der Waals surface area contributed by atoms with Gasteiger partial charge in [-0.1, -0.05) is 23.8 Å². The van der Waals surface area contributed by atoms with Gasteiger partial charge in [0.05, 0.1) is 0 Å². The summed E-state index contributed by atoms with van der Waals surface area (Å²) in [5.41, 5.74) is 0.617. The third-order valence-electron chi connectivity index (χ3n) is 5.04. The molecule has 2 rings (SSSR count). The van der Waals surface area contributed by atoms with E-state index in [1.54, 1.807) is 37.4 Å². The van der Waals surface area contributed by atoms with Gasteiger partial charge in [0.15, 0.2) is 0 Å². The van der Waals surface area contributed by atoms with E-state index in [2.05, 4.69) is 24.4 Å². The van der Waals surface area contributed by atoms with Gasteiger partial charge in [0.25, 0.3) is 0 Å². The van der Waals surface area contributed by atoms with Crippen LogP contribution >= 0.6 is 11.8 Å². The lowest BCUT2D eigenvalue weighted by Gasteiger charge is -2.31.